The van der Waals surface area contributed by atoms with Gasteiger partial charge in [0.15, 0.2) is 0 Å². The second-order valence-electron chi connectivity index (χ2n) is 8.89. The number of benzene rings is 1. The van der Waals surface area contributed by atoms with Gasteiger partial charge in [-0.25, -0.2) is 4.98 Å². The van der Waals surface area contributed by atoms with Crippen molar-refractivity contribution in [2.75, 3.05) is 37.7 Å². The van der Waals surface area contributed by atoms with Crippen LogP contribution in [0.1, 0.15) is 23.7 Å². The molecule has 0 unspecified atom stereocenters. The van der Waals surface area contributed by atoms with Crippen molar-refractivity contribution < 1.29 is 5.11 Å². The molecular weight excluding hydrogens is 460 g/mol. The first kappa shape index (κ1) is 25.7. The fourth-order valence-corrected chi connectivity index (χ4v) is 4.52. The van der Waals surface area contributed by atoms with Crippen LogP contribution in [0, 0.1) is 11.3 Å². The van der Waals surface area contributed by atoms with Gasteiger partial charge in [0.05, 0.1) is 17.9 Å². The highest BCUT2D eigenvalue weighted by molar-refractivity contribution is 5.86. The van der Waals surface area contributed by atoms with E-state index in [2.05, 4.69) is 51.7 Å². The first-order chi connectivity index (χ1) is 18.1. The van der Waals surface area contributed by atoms with Crippen LogP contribution >= 0.6 is 0 Å². The van der Waals surface area contributed by atoms with E-state index in [0.29, 0.717) is 5.69 Å². The number of aliphatic hydroxyl groups excluding tert-OH is 1. The van der Waals surface area contributed by atoms with Gasteiger partial charge in [-0.3, -0.25) is 4.98 Å². The Kier molecular flexibility index (Phi) is 8.34. The summed E-state index contributed by atoms with van der Waals surface area (Å²) in [6.45, 7) is 9.59. The van der Waals surface area contributed by atoms with Crippen LogP contribution in [0.4, 0.5) is 5.82 Å². The van der Waals surface area contributed by atoms with E-state index in [0.717, 1.165) is 66.4 Å². The van der Waals surface area contributed by atoms with Gasteiger partial charge in [0.2, 0.25) is 0 Å². The van der Waals surface area contributed by atoms with Crippen LogP contribution in [0.15, 0.2) is 85.5 Å². The Morgan fingerprint density at radius 2 is 1.86 bits per heavy atom. The van der Waals surface area contributed by atoms with Crippen molar-refractivity contribution in [3.05, 3.63) is 102 Å². The highest BCUT2D eigenvalue weighted by atomic mass is 16.3. The van der Waals surface area contributed by atoms with E-state index in [1.165, 1.54) is 11.8 Å². The fourth-order valence-electron chi connectivity index (χ4n) is 4.52. The smallest absolute Gasteiger partial charge is 0.128 e. The summed E-state index contributed by atoms with van der Waals surface area (Å²) in [5, 5.41) is 19.3. The lowest BCUT2D eigenvalue weighted by Crippen LogP contribution is -2.46. The number of aliphatic hydroxyl groups is 1. The van der Waals surface area contributed by atoms with E-state index in [-0.39, 0.29) is 12.2 Å². The van der Waals surface area contributed by atoms with E-state index < -0.39 is 0 Å². The zero-order chi connectivity index (χ0) is 26.2. The Hall–Kier alpha value is -4.41. The Morgan fingerprint density at radius 3 is 2.46 bits per heavy atom. The topological polar surface area (TPSA) is 102 Å². The molecule has 7 nitrogen and oxygen atoms in total. The van der Waals surface area contributed by atoms with Crippen molar-refractivity contribution in [3.63, 3.8) is 0 Å². The molecule has 0 aliphatic carbocycles. The van der Waals surface area contributed by atoms with E-state index in [1.54, 1.807) is 12.4 Å². The number of hydrogen-bond acceptors (Lipinski definition) is 7. The second kappa shape index (κ2) is 12.0. The summed E-state index contributed by atoms with van der Waals surface area (Å²) in [4.78, 5) is 13.9. The Bertz CT molecular complexity index is 1330. The molecule has 1 aromatic carbocycles. The van der Waals surface area contributed by atoms with Crippen LogP contribution in [-0.2, 0) is 6.42 Å². The molecule has 0 spiro atoms. The van der Waals surface area contributed by atoms with Crippen molar-refractivity contribution in [3.8, 4) is 17.2 Å². The lowest BCUT2D eigenvalue weighted by Gasteiger charge is -2.37. The molecule has 37 heavy (non-hydrogen) atoms. The number of anilines is 1. The third-order valence-electron chi connectivity index (χ3n) is 6.68. The normalized spacial score (nSPS) is 14.4. The molecular formula is C30H32N6O. The number of piperazine rings is 1. The summed E-state index contributed by atoms with van der Waals surface area (Å²) in [7, 11) is 0. The van der Waals surface area contributed by atoms with Gasteiger partial charge in [0, 0.05) is 68.0 Å². The quantitative estimate of drug-likeness (QED) is 0.454. The Balaban J connectivity index is 1.50. The van der Waals surface area contributed by atoms with Gasteiger partial charge in [-0.1, -0.05) is 43.0 Å². The molecule has 0 atom stereocenters. The van der Waals surface area contributed by atoms with Gasteiger partial charge in [-0.2, -0.15) is 5.26 Å². The van der Waals surface area contributed by atoms with Crippen molar-refractivity contribution in [1.29, 1.82) is 5.26 Å². The van der Waals surface area contributed by atoms with Crippen LogP contribution < -0.4 is 10.6 Å². The molecule has 7 heteroatoms. The number of hydrogen-bond donors (Lipinski definition) is 2. The molecule has 0 bridgehead atoms. The molecule has 1 fully saturated rings. The van der Waals surface area contributed by atoms with E-state index in [1.807, 2.05) is 37.3 Å². The molecule has 0 radical (unpaired) electrons. The van der Waals surface area contributed by atoms with Gasteiger partial charge in [-0.05, 0) is 41.8 Å². The predicted octanol–water partition coefficient (Wildman–Crippen LogP) is 4.24. The van der Waals surface area contributed by atoms with Crippen LogP contribution in [0.2, 0.25) is 0 Å². The number of aromatic nitrogens is 2. The van der Waals surface area contributed by atoms with E-state index >= 15 is 0 Å². The minimum absolute atomic E-state index is 0.101. The number of allylic oxidation sites excluding steroid dienone is 3. The first-order valence-corrected chi connectivity index (χ1v) is 12.3. The molecule has 0 saturated carbocycles. The summed E-state index contributed by atoms with van der Waals surface area (Å²) in [5.41, 5.74) is 12.0. The average Bonchev–Trinajstić information content (AvgIpc) is 2.95. The number of nitriles is 1. The van der Waals surface area contributed by atoms with Crippen LogP contribution in [0.5, 0.6) is 0 Å². The molecule has 0 amide bonds. The Morgan fingerprint density at radius 1 is 1.11 bits per heavy atom. The van der Waals surface area contributed by atoms with Gasteiger partial charge in [0.25, 0.3) is 0 Å². The number of nitrogens with zero attached hydrogens (tertiary/aromatic N) is 5. The molecule has 1 saturated heterocycles. The number of rotatable bonds is 8. The third-order valence-corrected chi connectivity index (χ3v) is 6.68. The second-order valence-corrected chi connectivity index (χ2v) is 8.89. The van der Waals surface area contributed by atoms with E-state index in [9.17, 15) is 10.4 Å². The lowest BCUT2D eigenvalue weighted by molar-refractivity contribution is 0.316. The maximum Gasteiger partial charge on any atom is 0.128 e. The largest absolute Gasteiger partial charge is 0.403 e. The molecule has 1 aliphatic heterocycles. The van der Waals surface area contributed by atoms with Crippen LogP contribution in [0.3, 0.4) is 0 Å². The van der Waals surface area contributed by atoms with E-state index in [4.69, 9.17) is 10.7 Å². The summed E-state index contributed by atoms with van der Waals surface area (Å²) >= 11 is 0. The number of nitrogens with two attached hydrogens (primary N) is 1. The highest BCUT2D eigenvalue weighted by Gasteiger charge is 2.20. The van der Waals surface area contributed by atoms with Gasteiger partial charge >= 0.3 is 0 Å². The van der Waals surface area contributed by atoms with Crippen LogP contribution in [-0.4, -0.2) is 52.8 Å². The van der Waals surface area contributed by atoms with Crippen molar-refractivity contribution in [2.45, 2.75) is 13.3 Å². The molecule has 4 rings (SSSR count). The molecule has 3 N–H and O–H groups in total. The lowest BCUT2D eigenvalue weighted by atomic mass is 9.97. The summed E-state index contributed by atoms with van der Waals surface area (Å²) in [6.07, 6.45) is 7.43. The van der Waals surface area contributed by atoms with Crippen molar-refractivity contribution in [1.82, 2.24) is 14.9 Å². The van der Waals surface area contributed by atoms with Gasteiger partial charge < -0.3 is 20.6 Å². The number of pyridine rings is 2. The first-order valence-electron chi connectivity index (χ1n) is 12.3. The maximum atomic E-state index is 9.71. The minimum atomic E-state index is -0.101. The maximum absolute atomic E-state index is 9.71. The molecule has 3 heterocycles. The molecule has 188 valence electrons. The molecule has 1 aliphatic rings. The zero-order valence-corrected chi connectivity index (χ0v) is 21.1. The summed E-state index contributed by atoms with van der Waals surface area (Å²) < 4.78 is 0. The molecule has 2 aromatic heterocycles. The summed E-state index contributed by atoms with van der Waals surface area (Å²) in [5.74, 6) is 0.905. The SMILES string of the molecule is C=C(Cc1ccccc1)N1CCN(c2ccc(-c3cc(/C(=C/C)CO)cnc3C(C#N)=CN)cn2)CC1. The van der Waals surface area contributed by atoms with Crippen LogP contribution in [0.25, 0.3) is 22.3 Å². The summed E-state index contributed by atoms with van der Waals surface area (Å²) in [6, 6.07) is 18.4. The van der Waals surface area contributed by atoms with Gasteiger partial charge in [0.1, 0.15) is 11.9 Å². The predicted molar refractivity (Wildman–Crippen MR) is 149 cm³/mol. The minimum Gasteiger partial charge on any atom is -0.403 e. The Labute approximate surface area is 218 Å². The van der Waals surface area contributed by atoms with Crippen molar-refractivity contribution in [2.24, 2.45) is 5.73 Å². The standard InChI is InChI=1S/C30H32N6O/c1-3-24(21-37)26-16-28(30(34-20-26)27(17-31)18-32)25-9-10-29(33-19-25)36-13-11-35(12-14-36)22(2)15-23-7-5-4-6-8-23/h3-10,16-17,19-20,37H,2,11-15,21,31H2,1H3/b24-3+,27-17?. The average molecular weight is 493 g/mol. The molecule has 3 aromatic rings. The van der Waals surface area contributed by atoms with Crippen molar-refractivity contribution >= 4 is 17.0 Å². The highest BCUT2D eigenvalue weighted by Crippen LogP contribution is 2.30. The van der Waals surface area contributed by atoms with Gasteiger partial charge in [-0.15, -0.1) is 0 Å². The fraction of sp³-hybridized carbons (Fsp3) is 0.233. The zero-order valence-electron chi connectivity index (χ0n) is 21.1. The monoisotopic (exact) mass is 492 g/mol. The third kappa shape index (κ3) is 5.88.